The summed E-state index contributed by atoms with van der Waals surface area (Å²) in [6, 6.07) is 11.7. The van der Waals surface area contributed by atoms with Gasteiger partial charge in [0.25, 0.3) is 0 Å². The molecule has 20 heavy (non-hydrogen) atoms. The predicted octanol–water partition coefficient (Wildman–Crippen LogP) is 3.29. The van der Waals surface area contributed by atoms with Crippen LogP contribution in [0.25, 0.3) is 0 Å². The minimum absolute atomic E-state index is 0. The van der Waals surface area contributed by atoms with Crippen LogP contribution in [-0.2, 0) is 0 Å². The van der Waals surface area contributed by atoms with E-state index in [-0.39, 0.29) is 12.4 Å². The molecule has 3 unspecified atom stereocenters. The third-order valence-corrected chi connectivity index (χ3v) is 5.16. The van der Waals surface area contributed by atoms with Crippen molar-refractivity contribution in [3.63, 3.8) is 0 Å². The molecule has 3 atom stereocenters. The summed E-state index contributed by atoms with van der Waals surface area (Å²) in [6.45, 7) is 9.75. The molecule has 3 heteroatoms. The molecule has 2 fully saturated rings. The maximum atomic E-state index is 3.52. The van der Waals surface area contributed by atoms with Gasteiger partial charge in [-0.15, -0.1) is 12.4 Å². The maximum absolute atomic E-state index is 3.52. The summed E-state index contributed by atoms with van der Waals surface area (Å²) in [5, 5.41) is 3.52. The number of hydrogen-bond acceptors (Lipinski definition) is 2. The van der Waals surface area contributed by atoms with Crippen LogP contribution in [0.15, 0.2) is 30.3 Å². The highest BCUT2D eigenvalue weighted by molar-refractivity contribution is 5.85. The van der Waals surface area contributed by atoms with Gasteiger partial charge in [-0.25, -0.2) is 0 Å². The number of halogens is 1. The largest absolute Gasteiger partial charge is 0.316 e. The summed E-state index contributed by atoms with van der Waals surface area (Å²) in [5.41, 5.74) is 2.01. The van der Waals surface area contributed by atoms with E-state index < -0.39 is 0 Å². The van der Waals surface area contributed by atoms with Crippen molar-refractivity contribution in [2.45, 2.75) is 38.6 Å². The Balaban J connectivity index is 0.00000147. The number of likely N-dealkylation sites (tertiary alicyclic amines) is 1. The van der Waals surface area contributed by atoms with Gasteiger partial charge in [-0.2, -0.15) is 0 Å². The first kappa shape index (κ1) is 15.8. The molecule has 0 saturated carbocycles. The molecular formula is C17H27ClN2. The first-order valence-corrected chi connectivity index (χ1v) is 7.68. The lowest BCUT2D eigenvalue weighted by molar-refractivity contribution is 0.168. The molecule has 3 rings (SSSR count). The predicted molar refractivity (Wildman–Crippen MR) is 87.7 cm³/mol. The monoisotopic (exact) mass is 294 g/mol. The third kappa shape index (κ3) is 3.19. The molecule has 2 heterocycles. The van der Waals surface area contributed by atoms with E-state index in [1.807, 2.05) is 0 Å². The lowest BCUT2D eigenvalue weighted by Crippen LogP contribution is -2.40. The summed E-state index contributed by atoms with van der Waals surface area (Å²) in [7, 11) is 0. The summed E-state index contributed by atoms with van der Waals surface area (Å²) >= 11 is 0. The average Bonchev–Trinajstić information content (AvgIpc) is 2.99. The van der Waals surface area contributed by atoms with Crippen LogP contribution >= 0.6 is 12.4 Å². The minimum Gasteiger partial charge on any atom is -0.316 e. The molecule has 0 aliphatic carbocycles. The zero-order chi connectivity index (χ0) is 13.3. The van der Waals surface area contributed by atoms with Gasteiger partial charge < -0.3 is 5.32 Å². The standard InChI is InChI=1S/C17H26N2.ClH/c1-14-16(15-6-4-3-5-7-15)8-11-19(14)13-17(2)9-10-18-12-17;/h3-7,14,16,18H,8-13H2,1-2H3;1H. The van der Waals surface area contributed by atoms with E-state index in [1.165, 1.54) is 44.6 Å². The Labute approximate surface area is 129 Å². The van der Waals surface area contributed by atoms with Gasteiger partial charge >= 0.3 is 0 Å². The Hall–Kier alpha value is -0.570. The van der Waals surface area contributed by atoms with Crippen molar-refractivity contribution < 1.29 is 0 Å². The SMILES string of the molecule is CC1C(c2ccccc2)CCN1CC1(C)CCNC1.Cl. The highest BCUT2D eigenvalue weighted by atomic mass is 35.5. The maximum Gasteiger partial charge on any atom is 0.0136 e. The zero-order valence-corrected chi connectivity index (χ0v) is 13.5. The summed E-state index contributed by atoms with van der Waals surface area (Å²) in [5.74, 6) is 0.721. The highest BCUT2D eigenvalue weighted by Crippen LogP contribution is 2.36. The Morgan fingerprint density at radius 3 is 2.70 bits per heavy atom. The summed E-state index contributed by atoms with van der Waals surface area (Å²) in [6.07, 6.45) is 2.64. The van der Waals surface area contributed by atoms with Gasteiger partial charge in [-0.3, -0.25) is 4.90 Å². The van der Waals surface area contributed by atoms with E-state index in [4.69, 9.17) is 0 Å². The van der Waals surface area contributed by atoms with Crippen LogP contribution < -0.4 is 5.32 Å². The molecule has 112 valence electrons. The lowest BCUT2D eigenvalue weighted by Gasteiger charge is -2.33. The van der Waals surface area contributed by atoms with E-state index in [1.54, 1.807) is 0 Å². The van der Waals surface area contributed by atoms with Crippen molar-refractivity contribution in [3.05, 3.63) is 35.9 Å². The van der Waals surface area contributed by atoms with Crippen molar-refractivity contribution in [2.75, 3.05) is 26.2 Å². The van der Waals surface area contributed by atoms with Gasteiger partial charge in [0, 0.05) is 25.0 Å². The Morgan fingerprint density at radius 1 is 1.30 bits per heavy atom. The minimum atomic E-state index is 0. The molecule has 1 aromatic rings. The van der Waals surface area contributed by atoms with Gasteiger partial charge in [-0.1, -0.05) is 37.3 Å². The van der Waals surface area contributed by atoms with Gasteiger partial charge in [0.05, 0.1) is 0 Å². The van der Waals surface area contributed by atoms with Crippen molar-refractivity contribution in [3.8, 4) is 0 Å². The van der Waals surface area contributed by atoms with Crippen molar-refractivity contribution in [2.24, 2.45) is 5.41 Å². The number of nitrogens with one attached hydrogen (secondary N) is 1. The molecule has 0 spiro atoms. The van der Waals surface area contributed by atoms with E-state index in [2.05, 4.69) is 54.4 Å². The fraction of sp³-hybridized carbons (Fsp3) is 0.647. The fourth-order valence-corrected chi connectivity index (χ4v) is 3.87. The van der Waals surface area contributed by atoms with E-state index in [0.29, 0.717) is 11.5 Å². The average molecular weight is 295 g/mol. The van der Waals surface area contributed by atoms with E-state index in [9.17, 15) is 0 Å². The van der Waals surface area contributed by atoms with Gasteiger partial charge in [0.15, 0.2) is 0 Å². The molecular weight excluding hydrogens is 268 g/mol. The van der Waals surface area contributed by atoms with Gasteiger partial charge in [-0.05, 0) is 43.8 Å². The first-order valence-electron chi connectivity index (χ1n) is 7.68. The number of nitrogens with zero attached hydrogens (tertiary/aromatic N) is 1. The summed E-state index contributed by atoms with van der Waals surface area (Å²) in [4.78, 5) is 2.71. The second-order valence-electron chi connectivity index (χ2n) is 6.75. The van der Waals surface area contributed by atoms with Crippen molar-refractivity contribution in [1.82, 2.24) is 10.2 Å². The third-order valence-electron chi connectivity index (χ3n) is 5.16. The zero-order valence-electron chi connectivity index (χ0n) is 12.6. The van der Waals surface area contributed by atoms with Crippen LogP contribution in [0.3, 0.4) is 0 Å². The Kier molecular flexibility index (Phi) is 5.11. The Morgan fingerprint density at radius 2 is 2.05 bits per heavy atom. The molecule has 1 N–H and O–H groups in total. The molecule has 2 aliphatic heterocycles. The molecule has 2 nitrogen and oxygen atoms in total. The van der Waals surface area contributed by atoms with Crippen LogP contribution in [0.1, 0.15) is 38.2 Å². The first-order chi connectivity index (χ1) is 9.18. The van der Waals surface area contributed by atoms with Crippen LogP contribution in [0.5, 0.6) is 0 Å². The molecule has 1 aromatic carbocycles. The van der Waals surface area contributed by atoms with Crippen molar-refractivity contribution in [1.29, 1.82) is 0 Å². The number of rotatable bonds is 3. The van der Waals surface area contributed by atoms with Crippen LogP contribution in [0.4, 0.5) is 0 Å². The molecule has 2 aliphatic rings. The van der Waals surface area contributed by atoms with Crippen molar-refractivity contribution >= 4 is 12.4 Å². The van der Waals surface area contributed by atoms with Crippen LogP contribution in [0.2, 0.25) is 0 Å². The molecule has 0 radical (unpaired) electrons. The number of benzene rings is 1. The fourth-order valence-electron chi connectivity index (χ4n) is 3.87. The van der Waals surface area contributed by atoms with E-state index >= 15 is 0 Å². The second-order valence-corrected chi connectivity index (χ2v) is 6.75. The normalized spacial score (nSPS) is 34.1. The van der Waals surface area contributed by atoms with E-state index in [0.717, 1.165) is 5.92 Å². The molecule has 0 bridgehead atoms. The highest BCUT2D eigenvalue weighted by Gasteiger charge is 2.37. The quantitative estimate of drug-likeness (QED) is 0.920. The topological polar surface area (TPSA) is 15.3 Å². The van der Waals surface area contributed by atoms with Crippen LogP contribution in [0, 0.1) is 5.41 Å². The molecule has 0 aromatic heterocycles. The smallest absolute Gasteiger partial charge is 0.0136 e. The lowest BCUT2D eigenvalue weighted by atomic mass is 9.88. The molecule has 0 amide bonds. The van der Waals surface area contributed by atoms with Crippen LogP contribution in [-0.4, -0.2) is 37.1 Å². The second kappa shape index (κ2) is 6.46. The van der Waals surface area contributed by atoms with Gasteiger partial charge in [0.1, 0.15) is 0 Å². The number of hydrogen-bond donors (Lipinski definition) is 1. The Bertz CT molecular complexity index is 414. The van der Waals surface area contributed by atoms with Gasteiger partial charge in [0.2, 0.25) is 0 Å². The summed E-state index contributed by atoms with van der Waals surface area (Å²) < 4.78 is 0. The molecule has 2 saturated heterocycles.